The Bertz CT molecular complexity index is 339. The average molecular weight is 268 g/mol. The Kier molecular flexibility index (Phi) is 6.17. The van der Waals surface area contributed by atoms with Crippen molar-refractivity contribution in [3.05, 3.63) is 34.9 Å². The first kappa shape index (κ1) is 15.5. The molecule has 1 N–H and O–H groups in total. The van der Waals surface area contributed by atoms with Crippen LogP contribution in [0.2, 0.25) is 5.02 Å². The van der Waals surface area contributed by atoms with E-state index in [0.29, 0.717) is 11.5 Å². The van der Waals surface area contributed by atoms with Gasteiger partial charge in [-0.05, 0) is 42.4 Å². The number of hydrogen-bond acceptors (Lipinski definition) is 1. The summed E-state index contributed by atoms with van der Waals surface area (Å²) < 4.78 is 0. The van der Waals surface area contributed by atoms with Crippen LogP contribution >= 0.6 is 11.6 Å². The Morgan fingerprint density at radius 2 is 1.67 bits per heavy atom. The number of benzene rings is 1. The first-order chi connectivity index (χ1) is 8.51. The highest BCUT2D eigenvalue weighted by Crippen LogP contribution is 2.30. The van der Waals surface area contributed by atoms with E-state index in [1.165, 1.54) is 18.4 Å². The molecule has 18 heavy (non-hydrogen) atoms. The minimum absolute atomic E-state index is 0.359. The van der Waals surface area contributed by atoms with E-state index >= 15 is 0 Å². The van der Waals surface area contributed by atoms with Gasteiger partial charge in [0.1, 0.15) is 0 Å². The van der Waals surface area contributed by atoms with Crippen LogP contribution in [0.3, 0.4) is 0 Å². The summed E-state index contributed by atoms with van der Waals surface area (Å²) in [6.07, 6.45) is 3.52. The number of hydrogen-bond donors (Lipinski definition) is 1. The average Bonchev–Trinajstić information content (AvgIpc) is 2.37. The third-order valence-electron chi connectivity index (χ3n) is 3.88. The van der Waals surface area contributed by atoms with Gasteiger partial charge in [0.2, 0.25) is 0 Å². The highest BCUT2D eigenvalue weighted by molar-refractivity contribution is 6.30. The molecule has 1 aromatic rings. The molecule has 0 saturated heterocycles. The van der Waals surface area contributed by atoms with Gasteiger partial charge in [-0.15, -0.1) is 0 Å². The summed E-state index contributed by atoms with van der Waals surface area (Å²) in [5, 5.41) is 4.41. The molecule has 0 radical (unpaired) electrons. The van der Waals surface area contributed by atoms with Crippen LogP contribution < -0.4 is 5.32 Å². The topological polar surface area (TPSA) is 12.0 Å². The van der Waals surface area contributed by atoms with Gasteiger partial charge in [0.25, 0.3) is 0 Å². The van der Waals surface area contributed by atoms with Crippen molar-refractivity contribution < 1.29 is 0 Å². The first-order valence-electron chi connectivity index (χ1n) is 6.99. The van der Waals surface area contributed by atoms with Gasteiger partial charge in [-0.3, -0.25) is 0 Å². The maximum atomic E-state index is 5.94. The third kappa shape index (κ3) is 4.62. The Labute approximate surface area is 117 Å². The van der Waals surface area contributed by atoms with Crippen LogP contribution in [0.15, 0.2) is 24.3 Å². The lowest BCUT2D eigenvalue weighted by atomic mass is 9.76. The number of halogens is 1. The zero-order chi connectivity index (χ0) is 13.6. The molecule has 0 bridgehead atoms. The lowest BCUT2D eigenvalue weighted by Gasteiger charge is -2.33. The summed E-state index contributed by atoms with van der Waals surface area (Å²) in [7, 11) is 0. The van der Waals surface area contributed by atoms with Crippen molar-refractivity contribution >= 4 is 11.6 Å². The normalized spacial score (nSPS) is 12.1. The molecule has 0 aliphatic rings. The molecule has 0 aliphatic carbocycles. The van der Waals surface area contributed by atoms with E-state index in [0.717, 1.165) is 18.0 Å². The van der Waals surface area contributed by atoms with Crippen LogP contribution in [0.25, 0.3) is 0 Å². The number of rotatable bonds is 7. The maximum absolute atomic E-state index is 5.94. The predicted octanol–water partition coefficient (Wildman–Crippen LogP) is 4.69. The fourth-order valence-electron chi connectivity index (χ4n) is 2.27. The van der Waals surface area contributed by atoms with Crippen LogP contribution in [-0.2, 0) is 6.42 Å². The van der Waals surface area contributed by atoms with Crippen LogP contribution in [0.5, 0.6) is 0 Å². The molecule has 0 aliphatic heterocycles. The summed E-state index contributed by atoms with van der Waals surface area (Å²) in [5.74, 6) is 0. The summed E-state index contributed by atoms with van der Waals surface area (Å²) in [4.78, 5) is 0. The molecule has 1 rings (SSSR count). The second-order valence-corrected chi connectivity index (χ2v) is 5.98. The minimum Gasteiger partial charge on any atom is -0.314 e. The molecule has 0 unspecified atom stereocenters. The largest absolute Gasteiger partial charge is 0.314 e. The van der Waals surface area contributed by atoms with Gasteiger partial charge in [-0.2, -0.15) is 0 Å². The second kappa shape index (κ2) is 7.16. The summed E-state index contributed by atoms with van der Waals surface area (Å²) in [6.45, 7) is 10.1. The van der Waals surface area contributed by atoms with Crippen LogP contribution in [0, 0.1) is 5.41 Å². The SMILES string of the molecule is CCC(CC)(CNC(C)C)Cc1ccc(Cl)cc1. The van der Waals surface area contributed by atoms with Crippen molar-refractivity contribution in [1.82, 2.24) is 5.32 Å². The van der Waals surface area contributed by atoms with Crippen LogP contribution in [0.1, 0.15) is 46.1 Å². The molecule has 1 aromatic carbocycles. The molecule has 2 heteroatoms. The van der Waals surface area contributed by atoms with Crippen molar-refractivity contribution in [3.63, 3.8) is 0 Å². The van der Waals surface area contributed by atoms with Gasteiger partial charge >= 0.3 is 0 Å². The molecular weight excluding hydrogens is 242 g/mol. The quantitative estimate of drug-likeness (QED) is 0.756. The Morgan fingerprint density at radius 3 is 2.11 bits per heavy atom. The maximum Gasteiger partial charge on any atom is 0.0406 e. The van der Waals surface area contributed by atoms with E-state index in [2.05, 4.69) is 45.1 Å². The van der Waals surface area contributed by atoms with Crippen molar-refractivity contribution in [2.75, 3.05) is 6.54 Å². The predicted molar refractivity (Wildman–Crippen MR) is 81.3 cm³/mol. The Morgan fingerprint density at radius 1 is 1.11 bits per heavy atom. The zero-order valence-corrected chi connectivity index (χ0v) is 12.8. The van der Waals surface area contributed by atoms with Gasteiger partial charge < -0.3 is 5.32 Å². The lowest BCUT2D eigenvalue weighted by Crippen LogP contribution is -2.38. The summed E-state index contributed by atoms with van der Waals surface area (Å²) in [6, 6.07) is 8.83. The van der Waals surface area contributed by atoms with E-state index in [1.54, 1.807) is 0 Å². The van der Waals surface area contributed by atoms with Gasteiger partial charge in [0, 0.05) is 17.6 Å². The fourth-order valence-corrected chi connectivity index (χ4v) is 2.39. The van der Waals surface area contributed by atoms with E-state index in [1.807, 2.05) is 12.1 Å². The minimum atomic E-state index is 0.359. The molecular formula is C16H26ClN. The van der Waals surface area contributed by atoms with Crippen molar-refractivity contribution in [3.8, 4) is 0 Å². The molecule has 0 atom stereocenters. The third-order valence-corrected chi connectivity index (χ3v) is 4.13. The van der Waals surface area contributed by atoms with E-state index in [-0.39, 0.29) is 0 Å². The molecule has 0 fully saturated rings. The molecule has 0 saturated carbocycles. The molecule has 0 heterocycles. The van der Waals surface area contributed by atoms with Gasteiger partial charge in [0.15, 0.2) is 0 Å². The first-order valence-corrected chi connectivity index (χ1v) is 7.37. The second-order valence-electron chi connectivity index (χ2n) is 5.55. The lowest BCUT2D eigenvalue weighted by molar-refractivity contribution is 0.239. The monoisotopic (exact) mass is 267 g/mol. The summed E-state index contributed by atoms with van der Waals surface area (Å²) >= 11 is 5.94. The molecule has 102 valence electrons. The van der Waals surface area contributed by atoms with E-state index < -0.39 is 0 Å². The van der Waals surface area contributed by atoms with Crippen LogP contribution in [0.4, 0.5) is 0 Å². The highest BCUT2D eigenvalue weighted by atomic mass is 35.5. The molecule has 0 amide bonds. The molecule has 0 spiro atoms. The van der Waals surface area contributed by atoms with Crippen LogP contribution in [-0.4, -0.2) is 12.6 Å². The van der Waals surface area contributed by atoms with E-state index in [4.69, 9.17) is 11.6 Å². The Balaban J connectivity index is 2.74. The van der Waals surface area contributed by atoms with Crippen molar-refractivity contribution in [2.24, 2.45) is 5.41 Å². The number of nitrogens with one attached hydrogen (secondary N) is 1. The summed E-state index contributed by atoms with van der Waals surface area (Å²) in [5.41, 5.74) is 1.74. The zero-order valence-electron chi connectivity index (χ0n) is 12.1. The molecule has 1 nitrogen and oxygen atoms in total. The molecule has 0 aromatic heterocycles. The van der Waals surface area contributed by atoms with Gasteiger partial charge in [0.05, 0.1) is 0 Å². The van der Waals surface area contributed by atoms with Gasteiger partial charge in [-0.25, -0.2) is 0 Å². The smallest absolute Gasteiger partial charge is 0.0406 e. The standard InChI is InChI=1S/C16H26ClN/c1-5-16(6-2,12-18-13(3)4)11-14-7-9-15(17)10-8-14/h7-10,13,18H,5-6,11-12H2,1-4H3. The fraction of sp³-hybridized carbons (Fsp3) is 0.625. The Hall–Kier alpha value is -0.530. The van der Waals surface area contributed by atoms with Gasteiger partial charge in [-0.1, -0.05) is 51.4 Å². The highest BCUT2D eigenvalue weighted by Gasteiger charge is 2.26. The van der Waals surface area contributed by atoms with Crippen molar-refractivity contribution in [2.45, 2.75) is 53.0 Å². The van der Waals surface area contributed by atoms with Crippen molar-refractivity contribution in [1.29, 1.82) is 0 Å². The van der Waals surface area contributed by atoms with E-state index in [9.17, 15) is 0 Å².